The quantitative estimate of drug-likeness (QED) is 0.105. The van der Waals surface area contributed by atoms with Gasteiger partial charge in [0.05, 0.1) is 11.8 Å². The lowest BCUT2D eigenvalue weighted by molar-refractivity contribution is -0.140. The Morgan fingerprint density at radius 2 is 1.79 bits per heavy atom. The van der Waals surface area contributed by atoms with E-state index in [4.69, 9.17) is 0 Å². The predicted molar refractivity (Wildman–Crippen MR) is 143 cm³/mol. The molecule has 2 N–H and O–H groups in total. The minimum atomic E-state index is -0.0897. The number of hydrogen-bond acceptors (Lipinski definition) is 4. The molecule has 1 saturated carbocycles. The number of carbonyl (C=O) groups excluding carboxylic acids is 2. The molecule has 8 heteroatoms. The Morgan fingerprint density at radius 3 is 2.45 bits per heavy atom. The molecule has 0 radical (unpaired) electrons. The topological polar surface area (TPSA) is 77.0 Å². The summed E-state index contributed by atoms with van der Waals surface area (Å²) in [6.45, 7) is 10.9. The van der Waals surface area contributed by atoms with Crippen LogP contribution in [0.3, 0.4) is 0 Å². The van der Waals surface area contributed by atoms with Crippen LogP contribution < -0.4 is 10.6 Å². The van der Waals surface area contributed by atoms with Crippen molar-refractivity contribution in [1.29, 1.82) is 0 Å². The molecule has 3 fully saturated rings. The van der Waals surface area contributed by atoms with Gasteiger partial charge in [0.2, 0.25) is 11.8 Å². The first-order chi connectivity index (χ1) is 15.6. The van der Waals surface area contributed by atoms with Crippen molar-refractivity contribution in [3.63, 3.8) is 0 Å². The van der Waals surface area contributed by atoms with Crippen LogP contribution in [0.4, 0.5) is 0 Å². The Kier molecular flexibility index (Phi) is 10.0. The van der Waals surface area contributed by atoms with Crippen molar-refractivity contribution >= 4 is 41.8 Å². The molecule has 4 rings (SSSR count). The van der Waals surface area contributed by atoms with E-state index in [2.05, 4.69) is 46.5 Å². The van der Waals surface area contributed by atoms with Crippen molar-refractivity contribution < 1.29 is 9.59 Å². The Bertz CT molecular complexity index is 712. The van der Waals surface area contributed by atoms with Gasteiger partial charge in [0.25, 0.3) is 0 Å². The molecule has 186 valence electrons. The minimum absolute atomic E-state index is 0. The van der Waals surface area contributed by atoms with Gasteiger partial charge in [0.15, 0.2) is 5.96 Å². The molecule has 2 aliphatic carbocycles. The number of rotatable bonds is 10. The van der Waals surface area contributed by atoms with Crippen LogP contribution in [0.2, 0.25) is 0 Å². The van der Waals surface area contributed by atoms with E-state index >= 15 is 0 Å². The molecular weight excluding hydrogens is 529 g/mol. The third kappa shape index (κ3) is 6.29. The summed E-state index contributed by atoms with van der Waals surface area (Å²) in [5, 5.41) is 6.73. The SMILES string of the molecule is CCNC(=NCCCN1C(=O)C2C3C=CC(C3)C2C1=O)NCCCCN1CCCC(C)C1.I. The maximum Gasteiger partial charge on any atom is 0.233 e. The predicted octanol–water partition coefficient (Wildman–Crippen LogP) is 2.87. The summed E-state index contributed by atoms with van der Waals surface area (Å²) in [7, 11) is 0. The van der Waals surface area contributed by atoms with E-state index in [9.17, 15) is 9.59 Å². The van der Waals surface area contributed by atoms with Crippen LogP contribution in [-0.2, 0) is 9.59 Å². The fourth-order valence-electron chi connectivity index (χ4n) is 6.10. The summed E-state index contributed by atoms with van der Waals surface area (Å²) in [6.07, 6.45) is 11.0. The normalized spacial score (nSPS) is 31.2. The minimum Gasteiger partial charge on any atom is -0.357 e. The van der Waals surface area contributed by atoms with E-state index < -0.39 is 0 Å². The molecule has 5 unspecified atom stereocenters. The number of aliphatic imine (C=N–C) groups is 1. The molecule has 2 heterocycles. The van der Waals surface area contributed by atoms with Gasteiger partial charge in [-0.1, -0.05) is 19.1 Å². The van der Waals surface area contributed by atoms with Crippen molar-refractivity contribution in [1.82, 2.24) is 20.4 Å². The summed E-state index contributed by atoms with van der Waals surface area (Å²) in [5.74, 6) is 2.16. The number of hydrogen-bond donors (Lipinski definition) is 2. The Labute approximate surface area is 216 Å². The van der Waals surface area contributed by atoms with Gasteiger partial charge in [-0.3, -0.25) is 19.5 Å². The van der Waals surface area contributed by atoms with Crippen molar-refractivity contribution in [2.24, 2.45) is 34.6 Å². The summed E-state index contributed by atoms with van der Waals surface area (Å²) in [5.41, 5.74) is 0. The van der Waals surface area contributed by atoms with E-state index in [0.29, 0.717) is 19.5 Å². The molecular formula is C25H42IN5O2. The number of unbranched alkanes of at least 4 members (excludes halogenated alkanes) is 1. The number of guanidine groups is 1. The van der Waals surface area contributed by atoms with Crippen LogP contribution in [0.1, 0.15) is 52.4 Å². The van der Waals surface area contributed by atoms with Crippen LogP contribution in [0.15, 0.2) is 17.1 Å². The molecule has 0 aromatic rings. The first kappa shape index (κ1) is 26.4. The van der Waals surface area contributed by atoms with Gasteiger partial charge >= 0.3 is 0 Å². The Morgan fingerprint density at radius 1 is 1.06 bits per heavy atom. The maximum absolute atomic E-state index is 12.8. The zero-order valence-electron chi connectivity index (χ0n) is 20.3. The summed E-state index contributed by atoms with van der Waals surface area (Å²) < 4.78 is 0. The number of nitrogens with one attached hydrogen (secondary N) is 2. The van der Waals surface area contributed by atoms with Gasteiger partial charge in [-0.25, -0.2) is 0 Å². The monoisotopic (exact) mass is 571 g/mol. The number of nitrogens with zero attached hydrogens (tertiary/aromatic N) is 3. The first-order valence-corrected chi connectivity index (χ1v) is 12.9. The molecule has 0 aromatic carbocycles. The summed E-state index contributed by atoms with van der Waals surface area (Å²) >= 11 is 0. The molecule has 4 aliphatic rings. The van der Waals surface area contributed by atoms with E-state index in [0.717, 1.165) is 37.8 Å². The number of fused-ring (bicyclic) bond motifs is 5. The highest BCUT2D eigenvalue weighted by atomic mass is 127. The highest BCUT2D eigenvalue weighted by molar-refractivity contribution is 14.0. The average Bonchev–Trinajstić information content (AvgIpc) is 3.46. The Hall–Kier alpha value is -1.16. The standard InChI is InChI=1S/C25H41N5O2.HI/c1-3-26-25(27-11-4-5-13-29-14-6-8-18(2)17-29)28-12-7-15-30-23(31)21-19-9-10-20(16-19)22(21)24(30)32;/h9-10,18-22H,3-8,11-17H2,1-2H3,(H2,26,27,28);1H. The number of allylic oxidation sites excluding steroid dienone is 2. The fraction of sp³-hybridized carbons (Fsp3) is 0.800. The molecule has 2 bridgehead atoms. The van der Waals surface area contributed by atoms with E-state index in [1.54, 1.807) is 0 Å². The van der Waals surface area contributed by atoms with Crippen LogP contribution in [0.5, 0.6) is 0 Å². The van der Waals surface area contributed by atoms with Crippen LogP contribution in [0, 0.1) is 29.6 Å². The molecule has 0 spiro atoms. The van der Waals surface area contributed by atoms with Crippen molar-refractivity contribution in [3.05, 3.63) is 12.2 Å². The van der Waals surface area contributed by atoms with E-state index in [-0.39, 0.29) is 59.5 Å². The smallest absolute Gasteiger partial charge is 0.233 e. The number of piperidine rings is 1. The summed E-state index contributed by atoms with van der Waals surface area (Å²) in [6, 6.07) is 0. The van der Waals surface area contributed by atoms with Gasteiger partial charge in [0, 0.05) is 32.7 Å². The second kappa shape index (κ2) is 12.5. The van der Waals surface area contributed by atoms with Gasteiger partial charge < -0.3 is 15.5 Å². The van der Waals surface area contributed by atoms with Crippen molar-refractivity contribution in [2.75, 3.05) is 45.8 Å². The largest absolute Gasteiger partial charge is 0.357 e. The lowest BCUT2D eigenvalue weighted by Gasteiger charge is -2.30. The molecule has 2 aliphatic heterocycles. The summed E-state index contributed by atoms with van der Waals surface area (Å²) in [4.78, 5) is 34.3. The molecule has 7 nitrogen and oxygen atoms in total. The number of imide groups is 1. The number of amides is 2. The average molecular weight is 572 g/mol. The van der Waals surface area contributed by atoms with Crippen molar-refractivity contribution in [3.8, 4) is 0 Å². The van der Waals surface area contributed by atoms with Gasteiger partial charge in [-0.2, -0.15) is 0 Å². The molecule has 0 aromatic heterocycles. The second-order valence-corrected chi connectivity index (χ2v) is 10.1. The first-order valence-electron chi connectivity index (χ1n) is 12.9. The third-order valence-electron chi connectivity index (χ3n) is 7.65. The van der Waals surface area contributed by atoms with Crippen LogP contribution >= 0.6 is 24.0 Å². The van der Waals surface area contributed by atoms with Crippen LogP contribution in [0.25, 0.3) is 0 Å². The lowest BCUT2D eigenvalue weighted by Crippen LogP contribution is -2.39. The third-order valence-corrected chi connectivity index (χ3v) is 7.65. The zero-order valence-corrected chi connectivity index (χ0v) is 22.6. The van der Waals surface area contributed by atoms with Crippen molar-refractivity contribution in [2.45, 2.75) is 52.4 Å². The molecule has 2 saturated heterocycles. The maximum atomic E-state index is 12.8. The number of carbonyl (C=O) groups is 2. The fourth-order valence-corrected chi connectivity index (χ4v) is 6.10. The van der Waals surface area contributed by atoms with E-state index in [1.807, 2.05) is 0 Å². The Balaban J connectivity index is 0.00000306. The molecule has 2 amide bonds. The van der Waals surface area contributed by atoms with Gasteiger partial charge in [-0.15, -0.1) is 24.0 Å². The molecule has 33 heavy (non-hydrogen) atoms. The molecule has 5 atom stereocenters. The highest BCUT2D eigenvalue weighted by Crippen LogP contribution is 2.52. The number of likely N-dealkylation sites (tertiary alicyclic amines) is 2. The highest BCUT2D eigenvalue weighted by Gasteiger charge is 2.58. The van der Waals surface area contributed by atoms with Gasteiger partial charge in [0.1, 0.15) is 0 Å². The second-order valence-electron chi connectivity index (χ2n) is 10.1. The zero-order chi connectivity index (χ0) is 22.5. The van der Waals surface area contributed by atoms with E-state index in [1.165, 1.54) is 43.8 Å². The van der Waals surface area contributed by atoms with Crippen LogP contribution in [-0.4, -0.2) is 73.4 Å². The number of halogens is 1. The van der Waals surface area contributed by atoms with Gasteiger partial charge in [-0.05, 0) is 76.3 Å². The lowest BCUT2D eigenvalue weighted by atomic mass is 9.85.